The SMILES string of the molecule is O=C1CC[C@H](C(=O)N(Cc2ccccc2)CC(F)F)N1. The summed E-state index contributed by atoms with van der Waals surface area (Å²) in [4.78, 5) is 24.4. The topological polar surface area (TPSA) is 49.4 Å². The number of hydrogen-bond acceptors (Lipinski definition) is 2. The van der Waals surface area contributed by atoms with E-state index >= 15 is 0 Å². The first-order chi connectivity index (χ1) is 9.56. The van der Waals surface area contributed by atoms with E-state index in [9.17, 15) is 18.4 Å². The number of carbonyl (C=O) groups is 2. The van der Waals surface area contributed by atoms with E-state index in [0.29, 0.717) is 6.42 Å². The van der Waals surface area contributed by atoms with Gasteiger partial charge >= 0.3 is 0 Å². The van der Waals surface area contributed by atoms with Gasteiger partial charge in [-0.15, -0.1) is 0 Å². The maximum Gasteiger partial charge on any atom is 0.255 e. The number of nitrogens with zero attached hydrogens (tertiary/aromatic N) is 1. The van der Waals surface area contributed by atoms with Gasteiger partial charge in [-0.1, -0.05) is 30.3 Å². The Hall–Kier alpha value is -1.98. The molecule has 0 radical (unpaired) electrons. The van der Waals surface area contributed by atoms with E-state index in [2.05, 4.69) is 5.32 Å². The molecule has 0 spiro atoms. The highest BCUT2D eigenvalue weighted by Gasteiger charge is 2.31. The molecule has 0 unspecified atom stereocenters. The Morgan fingerprint density at radius 2 is 2.05 bits per heavy atom. The van der Waals surface area contributed by atoms with Crippen LogP contribution in [0.5, 0.6) is 0 Å². The minimum Gasteiger partial charge on any atom is -0.344 e. The van der Waals surface area contributed by atoms with Gasteiger partial charge in [-0.05, 0) is 12.0 Å². The van der Waals surface area contributed by atoms with Crippen molar-refractivity contribution in [1.82, 2.24) is 10.2 Å². The molecule has 2 rings (SSSR count). The Morgan fingerprint density at radius 1 is 1.35 bits per heavy atom. The molecule has 4 nitrogen and oxygen atoms in total. The summed E-state index contributed by atoms with van der Waals surface area (Å²) in [5.41, 5.74) is 0.783. The largest absolute Gasteiger partial charge is 0.344 e. The molecule has 1 aliphatic rings. The summed E-state index contributed by atoms with van der Waals surface area (Å²) in [6.45, 7) is -0.503. The number of amides is 2. The zero-order valence-corrected chi connectivity index (χ0v) is 10.9. The van der Waals surface area contributed by atoms with Gasteiger partial charge in [-0.2, -0.15) is 0 Å². The summed E-state index contributed by atoms with van der Waals surface area (Å²) in [5.74, 6) is -0.653. The minimum absolute atomic E-state index is 0.121. The molecule has 0 aliphatic carbocycles. The molecule has 0 aromatic heterocycles. The molecule has 20 heavy (non-hydrogen) atoms. The van der Waals surface area contributed by atoms with Gasteiger partial charge in [0.1, 0.15) is 6.04 Å². The Labute approximate surface area is 115 Å². The summed E-state index contributed by atoms with van der Waals surface area (Å²) in [5, 5.41) is 2.52. The normalized spacial score (nSPS) is 18.1. The fourth-order valence-corrected chi connectivity index (χ4v) is 2.22. The minimum atomic E-state index is -2.60. The van der Waals surface area contributed by atoms with Gasteiger partial charge in [0.25, 0.3) is 6.43 Å². The first kappa shape index (κ1) is 14.4. The molecule has 1 N–H and O–H groups in total. The number of nitrogens with one attached hydrogen (secondary N) is 1. The molecular formula is C14H16F2N2O2. The highest BCUT2D eigenvalue weighted by Crippen LogP contribution is 2.14. The van der Waals surface area contributed by atoms with Crippen LogP contribution in [-0.4, -0.2) is 35.7 Å². The van der Waals surface area contributed by atoms with Crippen molar-refractivity contribution in [3.05, 3.63) is 35.9 Å². The monoisotopic (exact) mass is 282 g/mol. The average molecular weight is 282 g/mol. The number of alkyl halides is 2. The zero-order chi connectivity index (χ0) is 14.5. The van der Waals surface area contributed by atoms with Gasteiger partial charge < -0.3 is 10.2 Å². The Morgan fingerprint density at radius 3 is 2.60 bits per heavy atom. The second-order valence-electron chi connectivity index (χ2n) is 4.75. The van der Waals surface area contributed by atoms with Crippen LogP contribution >= 0.6 is 0 Å². The van der Waals surface area contributed by atoms with Crippen LogP contribution in [0.1, 0.15) is 18.4 Å². The lowest BCUT2D eigenvalue weighted by molar-refractivity contribution is -0.136. The summed E-state index contributed by atoms with van der Waals surface area (Å²) in [6, 6.07) is 8.28. The standard InChI is InChI=1S/C14H16F2N2O2/c15-12(16)9-18(8-10-4-2-1-3-5-10)14(20)11-6-7-13(19)17-11/h1-5,11-12H,6-9H2,(H,17,19)/t11-/m1/s1. The van der Waals surface area contributed by atoms with Crippen molar-refractivity contribution in [3.63, 3.8) is 0 Å². The zero-order valence-electron chi connectivity index (χ0n) is 10.9. The second-order valence-corrected chi connectivity index (χ2v) is 4.75. The van der Waals surface area contributed by atoms with Gasteiger partial charge in [0, 0.05) is 13.0 Å². The summed E-state index contributed by atoms with van der Waals surface area (Å²) < 4.78 is 25.3. The molecule has 1 atom stereocenters. The molecule has 6 heteroatoms. The van der Waals surface area contributed by atoms with Crippen LogP contribution in [0.2, 0.25) is 0 Å². The molecule has 1 aromatic carbocycles. The van der Waals surface area contributed by atoms with Crippen molar-refractivity contribution in [2.24, 2.45) is 0 Å². The van der Waals surface area contributed by atoms with Crippen molar-refractivity contribution >= 4 is 11.8 Å². The molecular weight excluding hydrogens is 266 g/mol. The summed E-state index contributed by atoms with van der Waals surface area (Å²) in [6.07, 6.45) is -1.96. The molecule has 1 fully saturated rings. The van der Waals surface area contributed by atoms with Crippen LogP contribution in [0.15, 0.2) is 30.3 Å². The average Bonchev–Trinajstić information content (AvgIpc) is 2.84. The quantitative estimate of drug-likeness (QED) is 0.891. The maximum atomic E-state index is 12.6. The van der Waals surface area contributed by atoms with Gasteiger partial charge in [0.15, 0.2) is 0 Å². The van der Waals surface area contributed by atoms with Gasteiger partial charge in [0.2, 0.25) is 11.8 Å². The van der Waals surface area contributed by atoms with E-state index in [1.165, 1.54) is 0 Å². The maximum absolute atomic E-state index is 12.6. The molecule has 1 aliphatic heterocycles. The van der Waals surface area contributed by atoms with Crippen LogP contribution in [0.3, 0.4) is 0 Å². The van der Waals surface area contributed by atoms with Gasteiger partial charge in [-0.3, -0.25) is 9.59 Å². The third kappa shape index (κ3) is 3.76. The first-order valence-electron chi connectivity index (χ1n) is 6.46. The number of halogens is 2. The van der Waals surface area contributed by atoms with Crippen molar-refractivity contribution < 1.29 is 18.4 Å². The molecule has 1 saturated heterocycles. The van der Waals surface area contributed by atoms with Crippen molar-refractivity contribution in [3.8, 4) is 0 Å². The van der Waals surface area contributed by atoms with Gasteiger partial charge in [-0.25, -0.2) is 8.78 Å². The predicted molar refractivity (Wildman–Crippen MR) is 69.0 cm³/mol. The van der Waals surface area contributed by atoms with Crippen LogP contribution < -0.4 is 5.32 Å². The third-order valence-corrected chi connectivity index (χ3v) is 3.18. The van der Waals surface area contributed by atoms with Crippen LogP contribution in [0, 0.1) is 0 Å². The lowest BCUT2D eigenvalue weighted by Gasteiger charge is -2.25. The fourth-order valence-electron chi connectivity index (χ4n) is 2.22. The van der Waals surface area contributed by atoms with E-state index in [4.69, 9.17) is 0 Å². The van der Waals surface area contributed by atoms with Crippen molar-refractivity contribution in [2.75, 3.05) is 6.54 Å². The molecule has 108 valence electrons. The number of carbonyl (C=O) groups excluding carboxylic acids is 2. The smallest absolute Gasteiger partial charge is 0.255 e. The Bertz CT molecular complexity index is 479. The second kappa shape index (κ2) is 6.45. The van der Waals surface area contributed by atoms with Crippen molar-refractivity contribution in [1.29, 1.82) is 0 Å². The van der Waals surface area contributed by atoms with Crippen LogP contribution in [0.4, 0.5) is 8.78 Å². The molecule has 0 saturated carbocycles. The summed E-state index contributed by atoms with van der Waals surface area (Å²) in [7, 11) is 0. The Kier molecular flexibility index (Phi) is 4.65. The highest BCUT2D eigenvalue weighted by molar-refractivity contribution is 5.90. The highest BCUT2D eigenvalue weighted by atomic mass is 19.3. The number of rotatable bonds is 5. The predicted octanol–water partition coefficient (Wildman–Crippen LogP) is 1.56. The van der Waals surface area contributed by atoms with E-state index < -0.39 is 24.9 Å². The van der Waals surface area contributed by atoms with E-state index in [0.717, 1.165) is 10.5 Å². The Balaban J connectivity index is 2.06. The van der Waals surface area contributed by atoms with Gasteiger partial charge in [0.05, 0.1) is 6.54 Å². The number of hydrogen-bond donors (Lipinski definition) is 1. The molecule has 1 heterocycles. The molecule has 2 amide bonds. The molecule has 0 bridgehead atoms. The fraction of sp³-hybridized carbons (Fsp3) is 0.429. The van der Waals surface area contributed by atoms with Crippen LogP contribution in [0.25, 0.3) is 0 Å². The van der Waals surface area contributed by atoms with E-state index in [1.807, 2.05) is 6.07 Å². The summed E-state index contributed by atoms with van der Waals surface area (Å²) >= 11 is 0. The van der Waals surface area contributed by atoms with E-state index in [1.54, 1.807) is 24.3 Å². The lowest BCUT2D eigenvalue weighted by atomic mass is 10.1. The first-order valence-corrected chi connectivity index (χ1v) is 6.46. The third-order valence-electron chi connectivity index (χ3n) is 3.18. The van der Waals surface area contributed by atoms with Crippen LogP contribution in [-0.2, 0) is 16.1 Å². The van der Waals surface area contributed by atoms with Crippen molar-refractivity contribution in [2.45, 2.75) is 31.9 Å². The molecule has 1 aromatic rings. The lowest BCUT2D eigenvalue weighted by Crippen LogP contribution is -2.45. The van der Waals surface area contributed by atoms with E-state index in [-0.39, 0.29) is 18.9 Å². The number of benzene rings is 1.